The zero-order chi connectivity index (χ0) is 26.2. The molecular formula is C27H22F3N5OS. The zero-order valence-corrected chi connectivity index (χ0v) is 20.7. The van der Waals surface area contributed by atoms with Crippen LogP contribution in [0.4, 0.5) is 18.9 Å². The molecule has 4 aromatic rings. The quantitative estimate of drug-likeness (QED) is 0.269. The van der Waals surface area contributed by atoms with Crippen LogP contribution in [0.25, 0.3) is 10.9 Å². The number of rotatable bonds is 5. The molecule has 0 radical (unpaired) electrons. The number of alkyl halides is 3. The predicted octanol–water partition coefficient (Wildman–Crippen LogP) is 6.31. The molecule has 0 aliphatic carbocycles. The van der Waals surface area contributed by atoms with E-state index in [0.717, 1.165) is 33.5 Å². The highest BCUT2D eigenvalue weighted by Gasteiger charge is 2.33. The molecule has 1 aliphatic heterocycles. The second kappa shape index (κ2) is 9.78. The number of aromatic amines is 1. The molecule has 37 heavy (non-hydrogen) atoms. The van der Waals surface area contributed by atoms with Crippen molar-refractivity contribution in [2.75, 3.05) is 11.6 Å². The number of carbonyl (C=O) groups excluding carboxylic acids is 1. The molecule has 1 aromatic heterocycles. The minimum absolute atomic E-state index is 0.316. The van der Waals surface area contributed by atoms with Crippen molar-refractivity contribution >= 4 is 40.1 Å². The number of hydrogen-bond acceptors (Lipinski definition) is 5. The lowest BCUT2D eigenvalue weighted by atomic mass is 9.94. The maximum Gasteiger partial charge on any atom is 0.416 e. The first-order valence-corrected chi connectivity index (χ1v) is 12.6. The largest absolute Gasteiger partial charge is 0.416 e. The summed E-state index contributed by atoms with van der Waals surface area (Å²) in [6, 6.07) is 17.1. The van der Waals surface area contributed by atoms with Gasteiger partial charge in [-0.05, 0) is 61.2 Å². The molecule has 2 heterocycles. The summed E-state index contributed by atoms with van der Waals surface area (Å²) < 4.78 is 39.6. The van der Waals surface area contributed by atoms with E-state index in [4.69, 9.17) is 4.99 Å². The van der Waals surface area contributed by atoms with Crippen LogP contribution in [0.2, 0.25) is 0 Å². The molecule has 0 bridgehead atoms. The van der Waals surface area contributed by atoms with Crippen LogP contribution in [0, 0.1) is 0 Å². The Bertz CT molecular complexity index is 1520. The number of nitrogens with zero attached hydrogens (tertiary/aromatic N) is 2. The normalized spacial score (nSPS) is 15.9. The second-order valence-corrected chi connectivity index (χ2v) is 9.40. The molecule has 0 spiro atoms. The van der Waals surface area contributed by atoms with Crippen LogP contribution in [0.5, 0.6) is 0 Å². The van der Waals surface area contributed by atoms with Crippen LogP contribution in [0.15, 0.2) is 94.1 Å². The fourth-order valence-corrected chi connectivity index (χ4v) is 4.59. The van der Waals surface area contributed by atoms with Crippen molar-refractivity contribution in [1.82, 2.24) is 15.5 Å². The Morgan fingerprint density at radius 2 is 1.76 bits per heavy atom. The van der Waals surface area contributed by atoms with Gasteiger partial charge < -0.3 is 10.6 Å². The number of anilines is 1. The van der Waals surface area contributed by atoms with Crippen molar-refractivity contribution < 1.29 is 18.0 Å². The molecule has 0 saturated carbocycles. The van der Waals surface area contributed by atoms with E-state index in [9.17, 15) is 18.0 Å². The molecule has 1 atom stereocenters. The number of fused-ring (bicyclic) bond motifs is 1. The number of aromatic nitrogens is 2. The summed E-state index contributed by atoms with van der Waals surface area (Å²) in [5.41, 5.74) is 2.79. The molecule has 1 amide bonds. The van der Waals surface area contributed by atoms with Crippen LogP contribution < -0.4 is 10.6 Å². The highest BCUT2D eigenvalue weighted by atomic mass is 32.2. The third-order valence-corrected chi connectivity index (χ3v) is 6.85. The molecule has 1 unspecified atom stereocenters. The van der Waals surface area contributed by atoms with Gasteiger partial charge in [0.25, 0.3) is 5.91 Å². The minimum atomic E-state index is -4.46. The second-order valence-electron chi connectivity index (χ2n) is 8.52. The Balaban J connectivity index is 1.52. The van der Waals surface area contributed by atoms with Gasteiger partial charge in [-0.3, -0.25) is 14.9 Å². The first-order chi connectivity index (χ1) is 17.7. The molecule has 3 aromatic carbocycles. The van der Waals surface area contributed by atoms with Gasteiger partial charge in [-0.15, -0.1) is 11.8 Å². The van der Waals surface area contributed by atoms with Gasteiger partial charge in [0.15, 0.2) is 0 Å². The Hall–Kier alpha value is -4.05. The number of amidine groups is 1. The Morgan fingerprint density at radius 1 is 1.03 bits per heavy atom. The van der Waals surface area contributed by atoms with Crippen molar-refractivity contribution in [3.63, 3.8) is 0 Å². The first kappa shape index (κ1) is 24.6. The van der Waals surface area contributed by atoms with Crippen molar-refractivity contribution in [2.45, 2.75) is 24.0 Å². The molecule has 10 heteroatoms. The van der Waals surface area contributed by atoms with Crippen LogP contribution in [0.1, 0.15) is 29.7 Å². The van der Waals surface area contributed by atoms with E-state index in [1.165, 1.54) is 12.1 Å². The lowest BCUT2D eigenvalue weighted by molar-refractivity contribution is -0.137. The summed E-state index contributed by atoms with van der Waals surface area (Å²) in [4.78, 5) is 19.4. The number of hydrogen-bond donors (Lipinski definition) is 3. The van der Waals surface area contributed by atoms with Crippen LogP contribution in [0.3, 0.4) is 0 Å². The smallest absolute Gasteiger partial charge is 0.343 e. The first-order valence-electron chi connectivity index (χ1n) is 11.3. The van der Waals surface area contributed by atoms with E-state index in [1.54, 1.807) is 43.1 Å². The van der Waals surface area contributed by atoms with E-state index in [-0.39, 0.29) is 0 Å². The lowest BCUT2D eigenvalue weighted by Gasteiger charge is -2.27. The Kier molecular flexibility index (Phi) is 6.51. The number of amides is 1. The Labute approximate surface area is 215 Å². The predicted molar refractivity (Wildman–Crippen MR) is 140 cm³/mol. The lowest BCUT2D eigenvalue weighted by Crippen LogP contribution is -2.34. The standard InChI is InChI=1S/C27H22F3N5OS/c1-15-23(26(36)33-20-9-12-22-18(13-20)14-31-35-22)24(16-3-7-19(8-4-16)27(28,29)30)34-25(32-15)17-5-10-21(37-2)11-6-17/h3-14,24H,1-2H3,(H,31,35)(H,32,34)(H,33,36). The number of halogens is 3. The van der Waals surface area contributed by atoms with Gasteiger partial charge in [-0.1, -0.05) is 24.3 Å². The third kappa shape index (κ3) is 5.10. The van der Waals surface area contributed by atoms with E-state index in [2.05, 4.69) is 20.8 Å². The highest BCUT2D eigenvalue weighted by molar-refractivity contribution is 7.98. The molecule has 188 valence electrons. The van der Waals surface area contributed by atoms with Gasteiger partial charge in [0.05, 0.1) is 22.9 Å². The van der Waals surface area contributed by atoms with Gasteiger partial charge in [-0.2, -0.15) is 18.3 Å². The molecule has 0 fully saturated rings. The van der Waals surface area contributed by atoms with Gasteiger partial charge in [0, 0.05) is 27.2 Å². The summed E-state index contributed by atoms with van der Waals surface area (Å²) in [5.74, 6) is 0.129. The Morgan fingerprint density at radius 3 is 2.43 bits per heavy atom. The zero-order valence-electron chi connectivity index (χ0n) is 19.9. The number of carbonyl (C=O) groups is 1. The van der Waals surface area contributed by atoms with E-state index in [1.807, 2.05) is 30.5 Å². The SMILES string of the molecule is CSc1ccc(C2=NC(c3ccc(C(F)(F)F)cc3)C(C(=O)Nc3ccc4[nH]ncc4c3)=C(C)N2)cc1. The van der Waals surface area contributed by atoms with Crippen molar-refractivity contribution in [2.24, 2.45) is 4.99 Å². The molecule has 5 rings (SSSR count). The van der Waals surface area contributed by atoms with E-state index in [0.29, 0.717) is 28.4 Å². The summed E-state index contributed by atoms with van der Waals surface area (Å²) in [6.45, 7) is 1.76. The molecule has 1 aliphatic rings. The summed E-state index contributed by atoms with van der Waals surface area (Å²) in [6.07, 6.45) is -0.826. The monoisotopic (exact) mass is 521 g/mol. The fraction of sp³-hybridized carbons (Fsp3) is 0.148. The third-order valence-electron chi connectivity index (χ3n) is 6.10. The van der Waals surface area contributed by atoms with Crippen LogP contribution in [-0.2, 0) is 11.0 Å². The number of allylic oxidation sites excluding steroid dienone is 1. The number of benzene rings is 3. The van der Waals surface area contributed by atoms with Gasteiger partial charge in [-0.25, -0.2) is 0 Å². The average Bonchev–Trinajstić information content (AvgIpc) is 3.36. The minimum Gasteiger partial charge on any atom is -0.343 e. The molecular weight excluding hydrogens is 499 g/mol. The number of thioether (sulfide) groups is 1. The maximum absolute atomic E-state index is 13.5. The summed E-state index contributed by atoms with van der Waals surface area (Å²) >= 11 is 1.61. The topological polar surface area (TPSA) is 82.2 Å². The van der Waals surface area contributed by atoms with Gasteiger partial charge in [0.2, 0.25) is 0 Å². The van der Waals surface area contributed by atoms with Crippen molar-refractivity contribution in [1.29, 1.82) is 0 Å². The van der Waals surface area contributed by atoms with Gasteiger partial charge in [0.1, 0.15) is 11.9 Å². The van der Waals surface area contributed by atoms with Gasteiger partial charge >= 0.3 is 6.18 Å². The molecule has 3 N–H and O–H groups in total. The number of aliphatic imine (C=N–C) groups is 1. The van der Waals surface area contributed by atoms with E-state index >= 15 is 0 Å². The van der Waals surface area contributed by atoms with E-state index < -0.39 is 23.7 Å². The molecule has 6 nitrogen and oxygen atoms in total. The van der Waals surface area contributed by atoms with Crippen LogP contribution in [-0.4, -0.2) is 28.2 Å². The average molecular weight is 522 g/mol. The maximum atomic E-state index is 13.5. The number of nitrogens with one attached hydrogen (secondary N) is 3. The highest BCUT2D eigenvalue weighted by Crippen LogP contribution is 2.35. The summed E-state index contributed by atoms with van der Waals surface area (Å²) in [7, 11) is 0. The van der Waals surface area contributed by atoms with Crippen molar-refractivity contribution in [3.8, 4) is 0 Å². The van der Waals surface area contributed by atoms with Crippen LogP contribution >= 0.6 is 11.8 Å². The summed E-state index contributed by atoms with van der Waals surface area (Å²) in [5, 5.41) is 13.8. The van der Waals surface area contributed by atoms with Crippen molar-refractivity contribution in [3.05, 3.63) is 101 Å². The molecule has 0 saturated heterocycles. The number of H-pyrrole nitrogens is 1. The fourth-order valence-electron chi connectivity index (χ4n) is 4.18.